The van der Waals surface area contributed by atoms with Gasteiger partial charge < -0.3 is 25.1 Å². The van der Waals surface area contributed by atoms with Gasteiger partial charge in [-0.3, -0.25) is 0 Å². The molecule has 1 heterocycles. The van der Waals surface area contributed by atoms with Crippen molar-refractivity contribution in [2.24, 2.45) is 10.8 Å². The molecule has 0 saturated carbocycles. The zero-order valence-corrected chi connectivity index (χ0v) is 18.3. The first-order valence-electron chi connectivity index (χ1n) is 9.66. The van der Waals surface area contributed by atoms with Crippen molar-refractivity contribution in [2.45, 2.75) is 12.5 Å². The fraction of sp³-hybridized carbons (Fsp3) is 0.217. The maximum Gasteiger partial charge on any atom is 0.203 e. The zero-order chi connectivity index (χ0) is 22.1. The van der Waals surface area contributed by atoms with Gasteiger partial charge in [-0.2, -0.15) is 5.10 Å². The highest BCUT2D eigenvalue weighted by Gasteiger charge is 2.35. The first kappa shape index (κ1) is 20.7. The molecule has 1 atom stereocenters. The van der Waals surface area contributed by atoms with E-state index >= 15 is 0 Å². The van der Waals surface area contributed by atoms with Gasteiger partial charge >= 0.3 is 0 Å². The van der Waals surface area contributed by atoms with E-state index in [0.29, 0.717) is 34.9 Å². The molecule has 7 nitrogen and oxygen atoms in total. The summed E-state index contributed by atoms with van der Waals surface area (Å²) in [6.07, 6.45) is 0.463. The molecule has 3 aromatic carbocycles. The molecule has 31 heavy (non-hydrogen) atoms. The molecular formula is C23H23N3O4S. The maximum atomic E-state index is 10.7. The van der Waals surface area contributed by atoms with Gasteiger partial charge in [-0.05, 0) is 41.2 Å². The van der Waals surface area contributed by atoms with E-state index < -0.39 is 0 Å². The Morgan fingerprint density at radius 3 is 2.45 bits per heavy atom. The van der Waals surface area contributed by atoms with Crippen LogP contribution in [-0.2, 0) is 0 Å². The number of phenolic OH excluding ortho intramolecular Hbond substituents is 1. The second kappa shape index (κ2) is 8.31. The second-order valence-electron chi connectivity index (χ2n) is 7.05. The van der Waals surface area contributed by atoms with Crippen LogP contribution in [0.3, 0.4) is 0 Å². The topological polar surface area (TPSA) is 89.5 Å². The summed E-state index contributed by atoms with van der Waals surface area (Å²) in [6.45, 7) is 0. The lowest BCUT2D eigenvalue weighted by Gasteiger charge is -2.25. The lowest BCUT2D eigenvalue weighted by Crippen LogP contribution is -2.31. The van der Waals surface area contributed by atoms with Crippen LogP contribution in [-0.4, -0.2) is 42.3 Å². The maximum absolute atomic E-state index is 10.7. The number of aromatic hydroxyl groups is 1. The number of nitrogens with two attached hydrogens (primary N) is 1. The number of methoxy groups -OCH3 is 3. The molecule has 8 heteroatoms. The quantitative estimate of drug-likeness (QED) is 0.584. The summed E-state index contributed by atoms with van der Waals surface area (Å²) >= 11 is 5.29. The Labute approximate surface area is 185 Å². The number of ether oxygens (including phenoxy) is 3. The van der Waals surface area contributed by atoms with Crippen LogP contribution in [0.2, 0.25) is 0 Å². The minimum absolute atomic E-state index is 0.122. The third-order valence-electron chi connectivity index (χ3n) is 5.43. The van der Waals surface area contributed by atoms with Crippen molar-refractivity contribution in [1.82, 2.24) is 5.01 Å². The molecule has 1 aliphatic rings. The van der Waals surface area contributed by atoms with Crippen LogP contribution >= 0.6 is 12.2 Å². The molecule has 0 saturated heterocycles. The molecule has 3 aromatic rings. The van der Waals surface area contributed by atoms with Gasteiger partial charge in [0, 0.05) is 17.5 Å². The Morgan fingerprint density at radius 2 is 1.77 bits per heavy atom. The van der Waals surface area contributed by atoms with Crippen molar-refractivity contribution in [2.75, 3.05) is 21.3 Å². The number of phenols is 1. The highest BCUT2D eigenvalue weighted by molar-refractivity contribution is 7.80. The monoisotopic (exact) mass is 437 g/mol. The average molecular weight is 438 g/mol. The Kier molecular flexibility index (Phi) is 5.56. The van der Waals surface area contributed by atoms with Crippen LogP contribution in [0, 0.1) is 0 Å². The summed E-state index contributed by atoms with van der Waals surface area (Å²) in [5.74, 6) is 1.70. The van der Waals surface area contributed by atoms with Crippen molar-refractivity contribution in [3.8, 4) is 23.0 Å². The van der Waals surface area contributed by atoms with E-state index in [0.717, 1.165) is 16.3 Å². The molecule has 0 aromatic heterocycles. The van der Waals surface area contributed by atoms with Gasteiger partial charge in [0.05, 0.1) is 33.1 Å². The van der Waals surface area contributed by atoms with Gasteiger partial charge in [0.15, 0.2) is 16.6 Å². The number of hydrogen-bond acceptors (Lipinski definition) is 6. The van der Waals surface area contributed by atoms with Crippen molar-refractivity contribution in [1.29, 1.82) is 0 Å². The molecule has 1 unspecified atom stereocenters. The van der Waals surface area contributed by atoms with Crippen LogP contribution in [0.15, 0.2) is 53.6 Å². The fourth-order valence-electron chi connectivity index (χ4n) is 4.06. The minimum atomic E-state index is -0.333. The minimum Gasteiger partial charge on any atom is -0.507 e. The molecule has 0 aliphatic carbocycles. The summed E-state index contributed by atoms with van der Waals surface area (Å²) in [5.41, 5.74) is 8.18. The zero-order valence-electron chi connectivity index (χ0n) is 17.5. The molecule has 0 bridgehead atoms. The van der Waals surface area contributed by atoms with E-state index in [-0.39, 0.29) is 16.9 Å². The van der Waals surface area contributed by atoms with E-state index in [4.69, 9.17) is 37.3 Å². The van der Waals surface area contributed by atoms with Crippen LogP contribution < -0.4 is 19.9 Å². The van der Waals surface area contributed by atoms with Gasteiger partial charge in [0.25, 0.3) is 0 Å². The van der Waals surface area contributed by atoms with Gasteiger partial charge in [-0.15, -0.1) is 0 Å². The standard InChI is InChI=1S/C23H23N3O4S/c1-28-19-11-9-15(21(29-2)22(19)30-3)17-12-16(25-26(17)23(24)31)20-14-7-5-4-6-13(14)8-10-18(20)27/h4-11,17,27H,12H2,1-3H3,(H2,24,31). The summed E-state index contributed by atoms with van der Waals surface area (Å²) < 4.78 is 16.6. The molecule has 4 rings (SSSR count). The molecular weight excluding hydrogens is 414 g/mol. The van der Waals surface area contributed by atoms with Crippen molar-refractivity contribution in [3.63, 3.8) is 0 Å². The van der Waals surface area contributed by atoms with Crippen molar-refractivity contribution >= 4 is 33.8 Å². The summed E-state index contributed by atoms with van der Waals surface area (Å²) in [4.78, 5) is 0. The van der Waals surface area contributed by atoms with E-state index in [1.807, 2.05) is 42.5 Å². The van der Waals surface area contributed by atoms with Gasteiger partial charge in [-0.1, -0.05) is 30.3 Å². The Balaban J connectivity index is 1.85. The number of benzene rings is 3. The van der Waals surface area contributed by atoms with Gasteiger partial charge in [0.1, 0.15) is 5.75 Å². The van der Waals surface area contributed by atoms with E-state index in [9.17, 15) is 5.11 Å². The average Bonchev–Trinajstić information content (AvgIpc) is 3.22. The SMILES string of the molecule is COc1ccc(C2CC(c3c(O)ccc4ccccc34)=NN2C(N)=S)c(OC)c1OC. The molecule has 160 valence electrons. The number of hydrogen-bond donors (Lipinski definition) is 2. The Hall–Kier alpha value is -3.52. The first-order chi connectivity index (χ1) is 15.0. The highest BCUT2D eigenvalue weighted by Crippen LogP contribution is 2.46. The van der Waals surface area contributed by atoms with Gasteiger partial charge in [0.2, 0.25) is 5.75 Å². The third kappa shape index (κ3) is 3.48. The molecule has 1 aliphatic heterocycles. The lowest BCUT2D eigenvalue weighted by atomic mass is 9.93. The molecule has 0 fully saturated rings. The molecule has 0 radical (unpaired) electrons. The predicted molar refractivity (Wildman–Crippen MR) is 124 cm³/mol. The van der Waals surface area contributed by atoms with E-state index in [1.165, 1.54) is 0 Å². The molecule has 0 spiro atoms. The molecule has 3 N–H and O–H groups in total. The van der Waals surface area contributed by atoms with Crippen molar-refractivity contribution < 1.29 is 19.3 Å². The van der Waals surface area contributed by atoms with E-state index in [1.54, 1.807) is 32.4 Å². The Morgan fingerprint density at radius 1 is 1.03 bits per heavy atom. The smallest absolute Gasteiger partial charge is 0.203 e. The fourth-order valence-corrected chi connectivity index (χ4v) is 4.23. The number of fused-ring (bicyclic) bond motifs is 1. The van der Waals surface area contributed by atoms with Crippen LogP contribution in [0.1, 0.15) is 23.6 Å². The number of nitrogens with zero attached hydrogens (tertiary/aromatic N) is 2. The van der Waals surface area contributed by atoms with Crippen LogP contribution in [0.4, 0.5) is 0 Å². The Bertz CT molecular complexity index is 1190. The molecule has 0 amide bonds. The van der Waals surface area contributed by atoms with E-state index in [2.05, 4.69) is 0 Å². The first-order valence-corrected chi connectivity index (χ1v) is 10.1. The van der Waals surface area contributed by atoms with Crippen LogP contribution in [0.5, 0.6) is 23.0 Å². The number of thiocarbonyl (C=S) groups is 1. The summed E-state index contributed by atoms with van der Waals surface area (Å²) in [7, 11) is 4.69. The van der Waals surface area contributed by atoms with Gasteiger partial charge in [-0.25, -0.2) is 5.01 Å². The predicted octanol–water partition coefficient (Wildman–Crippen LogP) is 3.97. The normalized spacial score (nSPS) is 15.6. The third-order valence-corrected chi connectivity index (χ3v) is 5.61. The summed E-state index contributed by atoms with van der Waals surface area (Å²) in [6, 6.07) is 14.8. The number of hydrazone groups is 1. The largest absolute Gasteiger partial charge is 0.507 e. The second-order valence-corrected chi connectivity index (χ2v) is 7.47. The lowest BCUT2D eigenvalue weighted by molar-refractivity contribution is 0.309. The van der Waals surface area contributed by atoms with Crippen molar-refractivity contribution in [3.05, 3.63) is 59.7 Å². The van der Waals surface area contributed by atoms with Crippen LogP contribution in [0.25, 0.3) is 10.8 Å². The number of rotatable bonds is 5. The highest BCUT2D eigenvalue weighted by atomic mass is 32.1. The summed E-state index contributed by atoms with van der Waals surface area (Å²) in [5, 5.41) is 19.0.